The highest BCUT2D eigenvalue weighted by atomic mass is 16.5. The van der Waals surface area contributed by atoms with E-state index in [1.807, 2.05) is 6.07 Å². The number of aromatic nitrogens is 3. The van der Waals surface area contributed by atoms with Crippen LogP contribution >= 0.6 is 0 Å². The predicted octanol–water partition coefficient (Wildman–Crippen LogP) is 2.57. The number of aromatic amines is 1. The fourth-order valence-corrected chi connectivity index (χ4v) is 3.54. The minimum Gasteiger partial charge on any atom is -0.497 e. The van der Waals surface area contributed by atoms with E-state index in [-0.39, 0.29) is 0 Å². The Morgan fingerprint density at radius 2 is 2.04 bits per heavy atom. The number of hydrogen-bond acceptors (Lipinski definition) is 5. The summed E-state index contributed by atoms with van der Waals surface area (Å²) < 4.78 is 5.36. The van der Waals surface area contributed by atoms with Crippen LogP contribution in [0.2, 0.25) is 0 Å². The fourth-order valence-electron chi connectivity index (χ4n) is 3.54. The number of methoxy groups -OCH3 is 1. The molecule has 1 unspecified atom stereocenters. The first kappa shape index (κ1) is 16.5. The second-order valence-electron chi connectivity index (χ2n) is 7.18. The quantitative estimate of drug-likeness (QED) is 0.875. The molecule has 0 spiro atoms. The zero-order valence-electron chi connectivity index (χ0n) is 15.1. The van der Waals surface area contributed by atoms with E-state index >= 15 is 0 Å². The molecule has 0 amide bonds. The maximum absolute atomic E-state index is 5.36. The molecule has 1 atom stereocenters. The molecule has 134 valence electrons. The van der Waals surface area contributed by atoms with Gasteiger partial charge in [-0.15, -0.1) is 0 Å². The van der Waals surface area contributed by atoms with Gasteiger partial charge in [0.15, 0.2) is 5.82 Å². The average Bonchev–Trinajstić information content (AvgIpc) is 3.41. The van der Waals surface area contributed by atoms with Gasteiger partial charge in [-0.3, -0.25) is 14.9 Å². The Hall–Kier alpha value is -1.92. The largest absolute Gasteiger partial charge is 0.497 e. The van der Waals surface area contributed by atoms with Gasteiger partial charge in [0.05, 0.1) is 13.7 Å². The van der Waals surface area contributed by atoms with Gasteiger partial charge >= 0.3 is 0 Å². The van der Waals surface area contributed by atoms with Crippen molar-refractivity contribution in [1.29, 1.82) is 0 Å². The molecule has 1 saturated carbocycles. The van der Waals surface area contributed by atoms with Gasteiger partial charge in [-0.05, 0) is 37.5 Å². The van der Waals surface area contributed by atoms with Crippen LogP contribution in [0.3, 0.4) is 0 Å². The Morgan fingerprint density at radius 1 is 1.24 bits per heavy atom. The second kappa shape index (κ2) is 7.14. The van der Waals surface area contributed by atoms with Gasteiger partial charge in [-0.2, -0.15) is 5.10 Å². The maximum atomic E-state index is 5.36. The molecule has 6 heteroatoms. The van der Waals surface area contributed by atoms with Crippen molar-refractivity contribution >= 4 is 0 Å². The number of hydrogen-bond donors (Lipinski definition) is 1. The highest BCUT2D eigenvalue weighted by molar-refractivity contribution is 5.30. The number of H-pyrrole nitrogens is 1. The van der Waals surface area contributed by atoms with Gasteiger partial charge in [0.25, 0.3) is 0 Å². The van der Waals surface area contributed by atoms with E-state index in [0.29, 0.717) is 12.0 Å². The van der Waals surface area contributed by atoms with Crippen molar-refractivity contribution in [1.82, 2.24) is 25.0 Å². The van der Waals surface area contributed by atoms with Crippen LogP contribution in [0.4, 0.5) is 0 Å². The predicted molar refractivity (Wildman–Crippen MR) is 96.6 cm³/mol. The summed E-state index contributed by atoms with van der Waals surface area (Å²) in [6.45, 7) is 7.43. The fraction of sp³-hybridized carbons (Fsp3) is 0.579. The lowest BCUT2D eigenvalue weighted by molar-refractivity contribution is 0.0962. The molecule has 2 fully saturated rings. The van der Waals surface area contributed by atoms with Crippen molar-refractivity contribution in [2.75, 3.05) is 33.3 Å². The molecule has 1 aliphatic heterocycles. The standard InChI is InChI=1S/C19H27N5O/c1-14(16-4-3-5-17(12-16)25-2)24-10-8-23(9-11-24)13-18-20-19(22-21-18)15-6-7-15/h3-5,12,14-15H,6-11,13H2,1-2H3,(H,20,21,22). The van der Waals surface area contributed by atoms with E-state index in [2.05, 4.69) is 50.1 Å². The zero-order chi connectivity index (χ0) is 17.2. The van der Waals surface area contributed by atoms with Gasteiger partial charge in [0.2, 0.25) is 0 Å². The number of nitrogens with zero attached hydrogens (tertiary/aromatic N) is 4. The number of piperazine rings is 1. The van der Waals surface area contributed by atoms with Crippen molar-refractivity contribution in [3.8, 4) is 5.75 Å². The number of rotatable bonds is 6. The number of benzene rings is 1. The first-order valence-corrected chi connectivity index (χ1v) is 9.24. The lowest BCUT2D eigenvalue weighted by atomic mass is 10.1. The third kappa shape index (κ3) is 3.85. The van der Waals surface area contributed by atoms with E-state index in [1.165, 1.54) is 18.4 Å². The molecule has 6 nitrogen and oxygen atoms in total. The molecular weight excluding hydrogens is 314 g/mol. The Labute approximate surface area is 149 Å². The number of nitrogens with one attached hydrogen (secondary N) is 1. The Balaban J connectivity index is 1.31. The van der Waals surface area contributed by atoms with Crippen molar-refractivity contribution in [3.05, 3.63) is 41.5 Å². The summed E-state index contributed by atoms with van der Waals surface area (Å²) in [5, 5.41) is 7.47. The molecule has 1 aliphatic carbocycles. The Morgan fingerprint density at radius 3 is 2.76 bits per heavy atom. The highest BCUT2D eigenvalue weighted by Crippen LogP contribution is 2.37. The average molecular weight is 341 g/mol. The summed E-state index contributed by atoms with van der Waals surface area (Å²) >= 11 is 0. The lowest BCUT2D eigenvalue weighted by Crippen LogP contribution is -2.46. The highest BCUT2D eigenvalue weighted by Gasteiger charge is 2.28. The summed E-state index contributed by atoms with van der Waals surface area (Å²) in [7, 11) is 1.72. The van der Waals surface area contributed by atoms with Crippen LogP contribution < -0.4 is 4.74 Å². The minimum atomic E-state index is 0.406. The van der Waals surface area contributed by atoms with Crippen LogP contribution in [0.1, 0.15) is 48.9 Å². The third-order valence-corrected chi connectivity index (χ3v) is 5.40. The first-order valence-electron chi connectivity index (χ1n) is 9.24. The summed E-state index contributed by atoms with van der Waals surface area (Å²) in [5.41, 5.74) is 1.32. The van der Waals surface area contributed by atoms with Crippen LogP contribution in [0.25, 0.3) is 0 Å². The van der Waals surface area contributed by atoms with Crippen LogP contribution in [0.5, 0.6) is 5.75 Å². The molecule has 25 heavy (non-hydrogen) atoms. The molecule has 0 bridgehead atoms. The van der Waals surface area contributed by atoms with E-state index in [9.17, 15) is 0 Å². The van der Waals surface area contributed by atoms with E-state index in [1.54, 1.807) is 7.11 Å². The van der Waals surface area contributed by atoms with Crippen molar-refractivity contribution < 1.29 is 4.74 Å². The van der Waals surface area contributed by atoms with E-state index < -0.39 is 0 Å². The summed E-state index contributed by atoms with van der Waals surface area (Å²) in [5.74, 6) is 3.57. The van der Waals surface area contributed by atoms with Gasteiger partial charge in [0.1, 0.15) is 11.6 Å². The molecular formula is C19H27N5O. The third-order valence-electron chi connectivity index (χ3n) is 5.40. The van der Waals surface area contributed by atoms with Crippen molar-refractivity contribution in [3.63, 3.8) is 0 Å². The van der Waals surface area contributed by atoms with E-state index in [4.69, 9.17) is 4.74 Å². The van der Waals surface area contributed by atoms with Gasteiger partial charge in [-0.25, -0.2) is 4.98 Å². The molecule has 4 rings (SSSR count). The molecule has 1 saturated heterocycles. The van der Waals surface area contributed by atoms with Gasteiger partial charge < -0.3 is 4.74 Å². The second-order valence-corrected chi connectivity index (χ2v) is 7.18. The Bertz CT molecular complexity index is 703. The lowest BCUT2D eigenvalue weighted by Gasteiger charge is -2.38. The monoisotopic (exact) mass is 341 g/mol. The van der Waals surface area contributed by atoms with Crippen LogP contribution in [-0.4, -0.2) is 58.3 Å². The summed E-state index contributed by atoms with van der Waals surface area (Å²) in [6, 6.07) is 8.81. The van der Waals surface area contributed by atoms with Crippen molar-refractivity contribution in [2.24, 2.45) is 0 Å². The molecule has 2 aromatic rings. The maximum Gasteiger partial charge on any atom is 0.153 e. The SMILES string of the molecule is COc1cccc(C(C)N2CCN(Cc3nc(C4CC4)n[nH]3)CC2)c1. The zero-order valence-corrected chi connectivity index (χ0v) is 15.1. The molecule has 1 aromatic heterocycles. The molecule has 2 heterocycles. The van der Waals surface area contributed by atoms with Crippen LogP contribution in [0, 0.1) is 0 Å². The molecule has 0 radical (unpaired) electrons. The summed E-state index contributed by atoms with van der Waals surface area (Å²) in [4.78, 5) is 9.66. The van der Waals surface area contributed by atoms with Crippen LogP contribution in [-0.2, 0) is 6.54 Å². The van der Waals surface area contributed by atoms with Gasteiger partial charge in [0, 0.05) is 38.1 Å². The molecule has 1 N–H and O–H groups in total. The van der Waals surface area contributed by atoms with Crippen molar-refractivity contribution in [2.45, 2.75) is 38.3 Å². The molecule has 2 aliphatic rings. The number of ether oxygens (including phenoxy) is 1. The van der Waals surface area contributed by atoms with Gasteiger partial charge in [-0.1, -0.05) is 12.1 Å². The Kier molecular flexibility index (Phi) is 4.72. The topological polar surface area (TPSA) is 57.3 Å². The smallest absolute Gasteiger partial charge is 0.153 e. The first-order chi connectivity index (χ1) is 12.2. The van der Waals surface area contributed by atoms with Crippen LogP contribution in [0.15, 0.2) is 24.3 Å². The molecule has 1 aromatic carbocycles. The van der Waals surface area contributed by atoms with E-state index in [0.717, 1.165) is 50.1 Å². The normalized spacial score (nSPS) is 20.6. The minimum absolute atomic E-state index is 0.406. The summed E-state index contributed by atoms with van der Waals surface area (Å²) in [6.07, 6.45) is 2.50.